The van der Waals surface area contributed by atoms with E-state index >= 15 is 0 Å². The molecule has 2 heterocycles. The summed E-state index contributed by atoms with van der Waals surface area (Å²) in [6.45, 7) is 1.35. The van der Waals surface area contributed by atoms with Crippen molar-refractivity contribution in [3.05, 3.63) is 71.8 Å². The molecule has 0 aliphatic heterocycles. The number of hydrogen-bond acceptors (Lipinski definition) is 4. The highest BCUT2D eigenvalue weighted by molar-refractivity contribution is 6.04. The SMILES string of the molecule is Cc1nc(C(F)(F)F)ccc1C(=O)Nc1cnc(-c2ccccc2)nc1. The smallest absolute Gasteiger partial charge is 0.319 e. The fourth-order valence-electron chi connectivity index (χ4n) is 2.29. The minimum absolute atomic E-state index is 0.0147. The Labute approximate surface area is 147 Å². The standard InChI is InChI=1S/C18H13F3N4O/c1-11-14(7-8-15(24-11)18(19,20)21)17(26)25-13-9-22-16(23-10-13)12-5-3-2-4-6-12/h2-10H,1H3,(H,25,26). The molecule has 5 nitrogen and oxygen atoms in total. The van der Waals surface area contributed by atoms with Gasteiger partial charge in [0, 0.05) is 5.56 Å². The largest absolute Gasteiger partial charge is 0.433 e. The molecule has 2 aromatic heterocycles. The van der Waals surface area contributed by atoms with Crippen molar-refractivity contribution in [3.63, 3.8) is 0 Å². The number of benzene rings is 1. The van der Waals surface area contributed by atoms with Crippen LogP contribution in [-0.2, 0) is 6.18 Å². The van der Waals surface area contributed by atoms with Crippen LogP contribution in [0, 0.1) is 6.92 Å². The van der Waals surface area contributed by atoms with E-state index in [0.29, 0.717) is 11.5 Å². The van der Waals surface area contributed by atoms with Gasteiger partial charge in [0.05, 0.1) is 29.3 Å². The number of alkyl halides is 3. The van der Waals surface area contributed by atoms with Gasteiger partial charge in [-0.3, -0.25) is 4.79 Å². The van der Waals surface area contributed by atoms with E-state index in [1.165, 1.54) is 19.3 Å². The van der Waals surface area contributed by atoms with Gasteiger partial charge in [-0.15, -0.1) is 0 Å². The molecule has 1 amide bonds. The van der Waals surface area contributed by atoms with E-state index in [1.807, 2.05) is 30.3 Å². The van der Waals surface area contributed by atoms with Crippen LogP contribution in [0.5, 0.6) is 0 Å². The van der Waals surface area contributed by atoms with Crippen molar-refractivity contribution < 1.29 is 18.0 Å². The number of aryl methyl sites for hydroxylation is 1. The summed E-state index contributed by atoms with van der Waals surface area (Å²) < 4.78 is 37.9. The van der Waals surface area contributed by atoms with Crippen LogP contribution < -0.4 is 5.32 Å². The summed E-state index contributed by atoms with van der Waals surface area (Å²) >= 11 is 0. The normalized spacial score (nSPS) is 11.2. The van der Waals surface area contributed by atoms with E-state index in [0.717, 1.165) is 17.7 Å². The molecule has 26 heavy (non-hydrogen) atoms. The van der Waals surface area contributed by atoms with Gasteiger partial charge in [-0.2, -0.15) is 13.2 Å². The van der Waals surface area contributed by atoms with Crippen LogP contribution in [0.25, 0.3) is 11.4 Å². The van der Waals surface area contributed by atoms with Crippen molar-refractivity contribution in [2.24, 2.45) is 0 Å². The van der Waals surface area contributed by atoms with Gasteiger partial charge < -0.3 is 5.32 Å². The topological polar surface area (TPSA) is 67.8 Å². The molecule has 0 unspecified atom stereocenters. The number of nitrogens with one attached hydrogen (secondary N) is 1. The van der Waals surface area contributed by atoms with Crippen LogP contribution >= 0.6 is 0 Å². The van der Waals surface area contributed by atoms with Gasteiger partial charge in [-0.1, -0.05) is 30.3 Å². The number of rotatable bonds is 3. The molecule has 0 fully saturated rings. The molecule has 0 saturated carbocycles. The number of carbonyl (C=O) groups excluding carboxylic acids is 1. The van der Waals surface area contributed by atoms with Gasteiger partial charge >= 0.3 is 6.18 Å². The van der Waals surface area contributed by atoms with Gasteiger partial charge in [0.1, 0.15) is 5.69 Å². The molecule has 8 heteroatoms. The molecule has 0 aliphatic carbocycles. The van der Waals surface area contributed by atoms with E-state index in [9.17, 15) is 18.0 Å². The number of amides is 1. The number of carbonyl (C=O) groups is 1. The molecule has 132 valence electrons. The van der Waals surface area contributed by atoms with Gasteiger partial charge in [-0.25, -0.2) is 15.0 Å². The van der Waals surface area contributed by atoms with Crippen LogP contribution in [0.2, 0.25) is 0 Å². The number of halogens is 3. The first kappa shape index (κ1) is 17.5. The predicted molar refractivity (Wildman–Crippen MR) is 89.4 cm³/mol. The Morgan fingerprint density at radius 3 is 2.23 bits per heavy atom. The third kappa shape index (κ3) is 3.85. The third-order valence-electron chi connectivity index (χ3n) is 3.56. The number of aromatic nitrogens is 3. The van der Waals surface area contributed by atoms with Crippen LogP contribution in [-0.4, -0.2) is 20.9 Å². The predicted octanol–water partition coefficient (Wildman–Crippen LogP) is 4.12. The highest BCUT2D eigenvalue weighted by Crippen LogP contribution is 2.28. The second-order valence-corrected chi connectivity index (χ2v) is 5.44. The summed E-state index contributed by atoms with van der Waals surface area (Å²) in [5, 5.41) is 2.55. The van der Waals surface area contributed by atoms with E-state index in [-0.39, 0.29) is 11.3 Å². The lowest BCUT2D eigenvalue weighted by atomic mass is 10.1. The molecule has 3 rings (SSSR count). The molecule has 3 aromatic rings. The third-order valence-corrected chi connectivity index (χ3v) is 3.56. The number of pyridine rings is 1. The summed E-state index contributed by atoms with van der Waals surface area (Å²) in [6, 6.07) is 11.2. The highest BCUT2D eigenvalue weighted by Gasteiger charge is 2.33. The second kappa shape index (κ2) is 6.91. The van der Waals surface area contributed by atoms with Crippen molar-refractivity contribution in [2.75, 3.05) is 5.32 Å². The zero-order chi connectivity index (χ0) is 18.7. The lowest BCUT2D eigenvalue weighted by molar-refractivity contribution is -0.141. The van der Waals surface area contributed by atoms with Crippen molar-refractivity contribution in [1.82, 2.24) is 15.0 Å². The molecule has 0 radical (unpaired) electrons. The van der Waals surface area contributed by atoms with Crippen LogP contribution in [0.4, 0.5) is 18.9 Å². The van der Waals surface area contributed by atoms with E-state index in [1.54, 1.807) is 0 Å². The van der Waals surface area contributed by atoms with E-state index in [4.69, 9.17) is 0 Å². The van der Waals surface area contributed by atoms with E-state index < -0.39 is 17.8 Å². The average molecular weight is 358 g/mol. The molecule has 0 aliphatic rings. The van der Waals surface area contributed by atoms with Gasteiger partial charge in [0.2, 0.25) is 0 Å². The molecule has 1 N–H and O–H groups in total. The maximum atomic E-state index is 12.6. The van der Waals surface area contributed by atoms with Gasteiger partial charge in [-0.05, 0) is 19.1 Å². The average Bonchev–Trinajstić information content (AvgIpc) is 2.62. The maximum Gasteiger partial charge on any atom is 0.433 e. The fraction of sp³-hybridized carbons (Fsp3) is 0.111. The van der Waals surface area contributed by atoms with E-state index in [2.05, 4.69) is 20.3 Å². The Bertz CT molecular complexity index is 925. The lowest BCUT2D eigenvalue weighted by Gasteiger charge is -2.10. The van der Waals surface area contributed by atoms with Gasteiger partial charge in [0.25, 0.3) is 5.91 Å². The Morgan fingerprint density at radius 1 is 1.00 bits per heavy atom. The zero-order valence-corrected chi connectivity index (χ0v) is 13.6. The summed E-state index contributed by atoms with van der Waals surface area (Å²) in [7, 11) is 0. The molecule has 0 atom stereocenters. The Hall–Kier alpha value is -3.29. The lowest BCUT2D eigenvalue weighted by Crippen LogP contribution is -2.17. The molecule has 1 aromatic carbocycles. The van der Waals surface area contributed by atoms with Crippen molar-refractivity contribution >= 4 is 11.6 Å². The van der Waals surface area contributed by atoms with Crippen molar-refractivity contribution in [2.45, 2.75) is 13.1 Å². The maximum absolute atomic E-state index is 12.6. The minimum atomic E-state index is -4.55. The molecular weight excluding hydrogens is 345 g/mol. The molecule has 0 spiro atoms. The van der Waals surface area contributed by atoms with Crippen molar-refractivity contribution in [1.29, 1.82) is 0 Å². The monoisotopic (exact) mass is 358 g/mol. The summed E-state index contributed by atoms with van der Waals surface area (Å²) in [5.41, 5.74) is 0.147. The first-order chi connectivity index (χ1) is 12.3. The first-order valence-electron chi connectivity index (χ1n) is 7.58. The number of nitrogens with zero attached hydrogens (tertiary/aromatic N) is 3. The summed E-state index contributed by atoms with van der Waals surface area (Å²) in [5.74, 6) is -0.0873. The minimum Gasteiger partial charge on any atom is -0.319 e. The second-order valence-electron chi connectivity index (χ2n) is 5.44. The van der Waals surface area contributed by atoms with Gasteiger partial charge in [0.15, 0.2) is 5.82 Å². The molecular formula is C18H13F3N4O. The Morgan fingerprint density at radius 2 is 1.65 bits per heavy atom. The fourth-order valence-corrected chi connectivity index (χ4v) is 2.29. The summed E-state index contributed by atoms with van der Waals surface area (Å²) in [6.07, 6.45) is -1.69. The molecule has 0 saturated heterocycles. The Balaban J connectivity index is 1.76. The Kier molecular flexibility index (Phi) is 4.66. The zero-order valence-electron chi connectivity index (χ0n) is 13.6. The van der Waals surface area contributed by atoms with Crippen LogP contribution in [0.15, 0.2) is 54.9 Å². The highest BCUT2D eigenvalue weighted by atomic mass is 19.4. The van der Waals surface area contributed by atoms with Crippen molar-refractivity contribution in [3.8, 4) is 11.4 Å². The van der Waals surface area contributed by atoms with Crippen LogP contribution in [0.3, 0.4) is 0 Å². The quantitative estimate of drug-likeness (QED) is 0.765. The molecule has 0 bridgehead atoms. The summed E-state index contributed by atoms with van der Waals surface area (Å²) in [4.78, 5) is 24.1. The van der Waals surface area contributed by atoms with Crippen LogP contribution in [0.1, 0.15) is 21.7 Å². The number of hydrogen-bond donors (Lipinski definition) is 1. The number of anilines is 1. The first-order valence-corrected chi connectivity index (χ1v) is 7.58.